The molecule has 0 bridgehead atoms. The van der Waals surface area contributed by atoms with Gasteiger partial charge in [-0.05, 0) is 18.2 Å². The number of carbonyl (C=O) groups excluding carboxylic acids is 1. The lowest BCUT2D eigenvalue weighted by molar-refractivity contribution is 0.102. The van der Waals surface area contributed by atoms with Crippen LogP contribution in [0, 0.1) is 5.82 Å². The summed E-state index contributed by atoms with van der Waals surface area (Å²) in [5.74, 6) is -0.936. The Bertz CT molecular complexity index is 633. The molecule has 0 atom stereocenters. The molecule has 1 heterocycles. The van der Waals surface area contributed by atoms with E-state index in [1.807, 2.05) is 0 Å². The molecule has 1 amide bonds. The van der Waals surface area contributed by atoms with Gasteiger partial charge in [0.25, 0.3) is 5.91 Å². The van der Waals surface area contributed by atoms with Crippen molar-refractivity contribution in [3.05, 3.63) is 53.9 Å². The molecule has 5 nitrogen and oxygen atoms in total. The summed E-state index contributed by atoms with van der Waals surface area (Å²) in [6.45, 7) is 0. The largest absolute Gasteiger partial charge is 0.389 e. The molecule has 1 aromatic heterocycles. The lowest BCUT2D eigenvalue weighted by atomic mass is 10.2. The van der Waals surface area contributed by atoms with Crippen LogP contribution < -0.4 is 11.1 Å². The SMILES string of the molecule is NC(=S)c1cc(NC(=O)c2cncnc2)ccc1F. The van der Waals surface area contributed by atoms with Crippen LogP contribution >= 0.6 is 12.2 Å². The van der Waals surface area contributed by atoms with Gasteiger partial charge in [0.1, 0.15) is 17.1 Å². The molecule has 7 heteroatoms. The van der Waals surface area contributed by atoms with Gasteiger partial charge in [-0.2, -0.15) is 0 Å². The molecular formula is C12H9FN4OS. The molecule has 0 spiro atoms. The Morgan fingerprint density at radius 2 is 2.00 bits per heavy atom. The quantitative estimate of drug-likeness (QED) is 0.830. The molecule has 0 radical (unpaired) electrons. The van der Waals surface area contributed by atoms with Crippen LogP contribution in [-0.2, 0) is 0 Å². The number of hydrogen-bond acceptors (Lipinski definition) is 4. The fourth-order valence-electron chi connectivity index (χ4n) is 1.41. The number of benzene rings is 1. The first-order valence-electron chi connectivity index (χ1n) is 5.23. The zero-order valence-electron chi connectivity index (χ0n) is 9.63. The number of nitrogens with one attached hydrogen (secondary N) is 1. The molecule has 96 valence electrons. The minimum absolute atomic E-state index is 0.0726. The van der Waals surface area contributed by atoms with Crippen molar-refractivity contribution in [1.82, 2.24) is 9.97 Å². The Labute approximate surface area is 113 Å². The van der Waals surface area contributed by atoms with Crippen LogP contribution in [0.25, 0.3) is 0 Å². The van der Waals surface area contributed by atoms with Crippen molar-refractivity contribution < 1.29 is 9.18 Å². The normalized spacial score (nSPS) is 9.95. The van der Waals surface area contributed by atoms with E-state index in [1.54, 1.807) is 0 Å². The molecule has 2 aromatic rings. The summed E-state index contributed by atoms with van der Waals surface area (Å²) in [7, 11) is 0. The minimum atomic E-state index is -0.534. The third-order valence-electron chi connectivity index (χ3n) is 2.31. The second kappa shape index (κ2) is 5.49. The maximum atomic E-state index is 13.4. The monoisotopic (exact) mass is 276 g/mol. The topological polar surface area (TPSA) is 80.9 Å². The second-order valence-electron chi connectivity index (χ2n) is 3.64. The number of nitrogens with two attached hydrogens (primary N) is 1. The Morgan fingerprint density at radius 1 is 1.32 bits per heavy atom. The molecule has 19 heavy (non-hydrogen) atoms. The Balaban J connectivity index is 2.23. The first kappa shape index (κ1) is 13.0. The molecule has 0 aliphatic carbocycles. The minimum Gasteiger partial charge on any atom is -0.389 e. The Hall–Kier alpha value is -2.41. The summed E-state index contributed by atoms with van der Waals surface area (Å²) < 4.78 is 13.4. The van der Waals surface area contributed by atoms with Gasteiger partial charge in [0.15, 0.2) is 0 Å². The molecule has 0 saturated heterocycles. The molecule has 1 aromatic carbocycles. The molecule has 0 saturated carbocycles. The van der Waals surface area contributed by atoms with Gasteiger partial charge in [0, 0.05) is 23.6 Å². The number of aromatic nitrogens is 2. The van der Waals surface area contributed by atoms with Crippen LogP contribution in [0.2, 0.25) is 0 Å². The van der Waals surface area contributed by atoms with E-state index >= 15 is 0 Å². The molecule has 2 rings (SSSR count). The van der Waals surface area contributed by atoms with Crippen LogP contribution in [-0.4, -0.2) is 20.9 Å². The summed E-state index contributed by atoms with van der Waals surface area (Å²) in [4.78, 5) is 19.2. The van der Waals surface area contributed by atoms with Crippen LogP contribution in [0.3, 0.4) is 0 Å². The van der Waals surface area contributed by atoms with Crippen molar-refractivity contribution in [2.45, 2.75) is 0 Å². The van der Waals surface area contributed by atoms with Crippen LogP contribution in [0.5, 0.6) is 0 Å². The van der Waals surface area contributed by atoms with Gasteiger partial charge in [0.05, 0.1) is 5.56 Å². The van der Waals surface area contributed by atoms with Crippen LogP contribution in [0.4, 0.5) is 10.1 Å². The van der Waals surface area contributed by atoms with E-state index in [4.69, 9.17) is 18.0 Å². The van der Waals surface area contributed by atoms with Crippen molar-refractivity contribution >= 4 is 28.8 Å². The van der Waals surface area contributed by atoms with Crippen molar-refractivity contribution in [2.75, 3.05) is 5.32 Å². The summed E-state index contributed by atoms with van der Waals surface area (Å²) in [6, 6.07) is 3.98. The number of thiocarbonyl (C=S) groups is 1. The molecule has 0 unspecified atom stereocenters. The molecule has 3 N–H and O–H groups in total. The predicted octanol–water partition coefficient (Wildman–Crippen LogP) is 1.50. The number of rotatable bonds is 3. The third-order valence-corrected chi connectivity index (χ3v) is 2.53. The Kier molecular flexibility index (Phi) is 3.76. The highest BCUT2D eigenvalue weighted by molar-refractivity contribution is 7.80. The van der Waals surface area contributed by atoms with E-state index in [9.17, 15) is 9.18 Å². The van der Waals surface area contributed by atoms with Crippen LogP contribution in [0.15, 0.2) is 36.9 Å². The third kappa shape index (κ3) is 3.08. The smallest absolute Gasteiger partial charge is 0.258 e. The summed E-state index contributed by atoms with van der Waals surface area (Å²) in [5, 5.41) is 2.58. The lowest BCUT2D eigenvalue weighted by Crippen LogP contribution is -2.15. The second-order valence-corrected chi connectivity index (χ2v) is 4.08. The van der Waals surface area contributed by atoms with E-state index in [0.717, 1.165) is 0 Å². The van der Waals surface area contributed by atoms with Gasteiger partial charge >= 0.3 is 0 Å². The fourth-order valence-corrected chi connectivity index (χ4v) is 1.57. The average Bonchev–Trinajstić information content (AvgIpc) is 2.41. The van der Waals surface area contributed by atoms with Gasteiger partial charge < -0.3 is 11.1 Å². The number of anilines is 1. The van der Waals surface area contributed by atoms with Crippen molar-refractivity contribution in [2.24, 2.45) is 5.73 Å². The molecule has 0 aliphatic rings. The van der Waals surface area contributed by atoms with Gasteiger partial charge in [-0.25, -0.2) is 14.4 Å². The summed E-state index contributed by atoms with van der Waals surface area (Å²) in [5.41, 5.74) is 6.15. The summed E-state index contributed by atoms with van der Waals surface area (Å²) in [6.07, 6.45) is 4.07. The summed E-state index contributed by atoms with van der Waals surface area (Å²) >= 11 is 4.72. The first-order chi connectivity index (χ1) is 9.08. The highest BCUT2D eigenvalue weighted by Crippen LogP contribution is 2.15. The molecular weight excluding hydrogens is 267 g/mol. The highest BCUT2D eigenvalue weighted by Gasteiger charge is 2.10. The lowest BCUT2D eigenvalue weighted by Gasteiger charge is -2.07. The number of hydrogen-bond donors (Lipinski definition) is 2. The number of nitrogens with zero attached hydrogens (tertiary/aromatic N) is 2. The van der Waals surface area contributed by atoms with Crippen LogP contribution in [0.1, 0.15) is 15.9 Å². The van der Waals surface area contributed by atoms with Crippen molar-refractivity contribution in [3.8, 4) is 0 Å². The zero-order chi connectivity index (χ0) is 13.8. The first-order valence-corrected chi connectivity index (χ1v) is 5.64. The molecule has 0 fully saturated rings. The van der Waals surface area contributed by atoms with E-state index in [-0.39, 0.29) is 10.6 Å². The predicted molar refractivity (Wildman–Crippen MR) is 72.3 cm³/mol. The highest BCUT2D eigenvalue weighted by atomic mass is 32.1. The van der Waals surface area contributed by atoms with E-state index in [2.05, 4.69) is 15.3 Å². The standard InChI is InChI=1S/C12H9FN4OS/c13-10-2-1-8(3-9(10)11(14)19)17-12(18)7-4-15-6-16-5-7/h1-6H,(H2,14,19)(H,17,18). The van der Waals surface area contributed by atoms with Crippen molar-refractivity contribution in [3.63, 3.8) is 0 Å². The van der Waals surface area contributed by atoms with Gasteiger partial charge in [-0.15, -0.1) is 0 Å². The van der Waals surface area contributed by atoms with Crippen molar-refractivity contribution in [1.29, 1.82) is 0 Å². The van der Waals surface area contributed by atoms with Gasteiger partial charge in [-0.3, -0.25) is 4.79 Å². The number of halogens is 1. The van der Waals surface area contributed by atoms with Gasteiger partial charge in [0.2, 0.25) is 0 Å². The fraction of sp³-hybridized carbons (Fsp3) is 0. The zero-order valence-corrected chi connectivity index (χ0v) is 10.4. The van der Waals surface area contributed by atoms with E-state index < -0.39 is 11.7 Å². The van der Waals surface area contributed by atoms with E-state index in [0.29, 0.717) is 11.3 Å². The average molecular weight is 276 g/mol. The molecule has 0 aliphatic heterocycles. The maximum absolute atomic E-state index is 13.4. The Morgan fingerprint density at radius 3 is 2.63 bits per heavy atom. The maximum Gasteiger partial charge on any atom is 0.258 e. The van der Waals surface area contributed by atoms with Gasteiger partial charge in [-0.1, -0.05) is 12.2 Å². The number of carbonyl (C=O) groups is 1. The number of amides is 1. The van der Waals surface area contributed by atoms with E-state index in [1.165, 1.54) is 36.9 Å².